The summed E-state index contributed by atoms with van der Waals surface area (Å²) in [7, 11) is 1.48. The van der Waals surface area contributed by atoms with Gasteiger partial charge in [0.2, 0.25) is 17.7 Å². The van der Waals surface area contributed by atoms with E-state index in [0.29, 0.717) is 24.5 Å². The van der Waals surface area contributed by atoms with Gasteiger partial charge in [-0.3, -0.25) is 14.4 Å². The van der Waals surface area contributed by atoms with Gasteiger partial charge >= 0.3 is 0 Å². The van der Waals surface area contributed by atoms with E-state index < -0.39 is 47.2 Å². The normalized spacial score (nSPS) is 26.9. The largest absolute Gasteiger partial charge is 0.384 e. The number of primary amides is 1. The van der Waals surface area contributed by atoms with E-state index in [-0.39, 0.29) is 18.4 Å². The zero-order valence-electron chi connectivity index (χ0n) is 24.9. The van der Waals surface area contributed by atoms with Gasteiger partial charge in [-0.05, 0) is 39.0 Å². The summed E-state index contributed by atoms with van der Waals surface area (Å²) in [6.45, 7) is 5.28. The van der Waals surface area contributed by atoms with Crippen LogP contribution < -0.4 is 11.1 Å². The number of nitrogens with two attached hydrogens (primary N) is 1. The molecule has 5 atom stereocenters. The molecule has 1 saturated heterocycles. The number of rotatable bonds is 10. The smallest absolute Gasteiger partial charge is 0.248 e. The van der Waals surface area contributed by atoms with E-state index in [1.165, 1.54) is 32.6 Å². The van der Waals surface area contributed by atoms with Crippen molar-refractivity contribution in [1.82, 2.24) is 25.2 Å². The number of hydrogen-bond acceptors (Lipinski definition) is 8. The Morgan fingerprint density at radius 2 is 1.80 bits per heavy atom. The Bertz CT molecular complexity index is 1070. The van der Waals surface area contributed by atoms with E-state index in [4.69, 9.17) is 10.5 Å². The molecule has 41 heavy (non-hydrogen) atoms. The summed E-state index contributed by atoms with van der Waals surface area (Å²) in [6.07, 6.45) is 8.77. The highest BCUT2D eigenvalue weighted by Crippen LogP contribution is 2.37. The van der Waals surface area contributed by atoms with Crippen LogP contribution in [0.3, 0.4) is 0 Å². The molecule has 12 heteroatoms. The number of likely N-dealkylation sites (tertiary alicyclic amines) is 1. The molecule has 2 heterocycles. The number of methoxy groups -OCH3 is 1. The molecule has 1 aromatic rings. The van der Waals surface area contributed by atoms with Crippen molar-refractivity contribution in [3.05, 3.63) is 11.9 Å². The number of aliphatic hydroxyl groups excluding tert-OH is 1. The summed E-state index contributed by atoms with van der Waals surface area (Å²) in [6, 6.07) is -1.65. The van der Waals surface area contributed by atoms with Gasteiger partial charge in [0.05, 0.1) is 17.4 Å². The Labute approximate surface area is 242 Å². The Balaban J connectivity index is 1.68. The average molecular weight is 577 g/mol. The van der Waals surface area contributed by atoms with E-state index in [1.807, 2.05) is 6.92 Å². The van der Waals surface area contributed by atoms with Crippen LogP contribution in [0.15, 0.2) is 6.20 Å². The second kappa shape index (κ2) is 12.7. The van der Waals surface area contributed by atoms with Crippen molar-refractivity contribution in [3.8, 4) is 0 Å². The highest BCUT2D eigenvalue weighted by Gasteiger charge is 2.53. The first-order chi connectivity index (χ1) is 19.4. The lowest BCUT2D eigenvalue weighted by atomic mass is 9.77. The van der Waals surface area contributed by atoms with E-state index in [9.17, 15) is 24.6 Å². The maximum Gasteiger partial charge on any atom is 0.248 e. The number of aliphatic hydroxyl groups is 2. The highest BCUT2D eigenvalue weighted by atomic mass is 16.5. The number of carbonyl (C=O) groups excluding carboxylic acids is 3. The van der Waals surface area contributed by atoms with Gasteiger partial charge in [-0.1, -0.05) is 63.5 Å². The molecular formula is C29H48N6O6. The standard InChI is InChI=1S/C29H48N6O6/c1-18(15-19-11-7-5-8-12-19)27(39)34-17-20(35-21(16-31-33-35)28(2,3)40)23(41-4)22(34)26(38)32-29(24(36)25(30)37)13-9-6-10-14-29/h16,18-20,22-24,36,40H,5-15,17H2,1-4H3,(H2,30,37)(H,32,38)/t18-,20-,22+,23+,24?/m1/s1. The molecule has 2 aliphatic carbocycles. The predicted octanol–water partition coefficient (Wildman–Crippen LogP) is 1.54. The first kappa shape index (κ1) is 31.4. The first-order valence-electron chi connectivity index (χ1n) is 15.2. The second-order valence-corrected chi connectivity index (χ2v) is 13.0. The van der Waals surface area contributed by atoms with E-state index >= 15 is 0 Å². The van der Waals surface area contributed by atoms with Crippen LogP contribution in [0.25, 0.3) is 0 Å². The second-order valence-electron chi connectivity index (χ2n) is 13.0. The lowest BCUT2D eigenvalue weighted by Gasteiger charge is -2.42. The average Bonchev–Trinajstić information content (AvgIpc) is 3.58. The molecule has 0 radical (unpaired) electrons. The first-order valence-corrected chi connectivity index (χ1v) is 15.2. The molecule has 12 nitrogen and oxygen atoms in total. The molecule has 1 aromatic heterocycles. The van der Waals surface area contributed by atoms with E-state index in [0.717, 1.165) is 38.5 Å². The number of hydrogen-bond donors (Lipinski definition) is 4. The number of nitrogens with one attached hydrogen (secondary N) is 1. The number of carbonyl (C=O) groups is 3. The molecule has 1 aliphatic heterocycles. The van der Waals surface area contributed by atoms with Gasteiger partial charge in [0.15, 0.2) is 6.10 Å². The van der Waals surface area contributed by atoms with Gasteiger partial charge in [-0.15, -0.1) is 5.10 Å². The van der Waals surface area contributed by atoms with Crippen LogP contribution in [-0.4, -0.2) is 85.3 Å². The Morgan fingerprint density at radius 3 is 2.39 bits per heavy atom. The van der Waals surface area contributed by atoms with Crippen LogP contribution in [0.2, 0.25) is 0 Å². The predicted molar refractivity (Wildman–Crippen MR) is 150 cm³/mol. The van der Waals surface area contributed by atoms with Crippen LogP contribution in [0.4, 0.5) is 0 Å². The van der Waals surface area contributed by atoms with Gasteiger partial charge in [-0.25, -0.2) is 4.68 Å². The van der Waals surface area contributed by atoms with Crippen LogP contribution in [0.5, 0.6) is 0 Å². The summed E-state index contributed by atoms with van der Waals surface area (Å²) >= 11 is 0. The highest BCUT2D eigenvalue weighted by molar-refractivity contribution is 5.91. The fourth-order valence-corrected chi connectivity index (χ4v) is 7.30. The molecule has 3 amide bonds. The Hall–Kier alpha value is -2.57. The zero-order chi connectivity index (χ0) is 29.9. The van der Waals surface area contributed by atoms with Crippen LogP contribution in [-0.2, 0) is 24.7 Å². The minimum atomic E-state index is -1.56. The third-order valence-corrected chi connectivity index (χ3v) is 9.49. The van der Waals surface area contributed by atoms with E-state index in [1.54, 1.807) is 23.4 Å². The molecule has 3 aliphatic rings. The molecular weight excluding hydrogens is 528 g/mol. The van der Waals surface area contributed by atoms with Crippen LogP contribution >= 0.6 is 0 Å². The van der Waals surface area contributed by atoms with Crippen molar-refractivity contribution in [2.24, 2.45) is 17.6 Å². The summed E-state index contributed by atoms with van der Waals surface area (Å²) in [5, 5.41) is 32.8. The maximum absolute atomic E-state index is 14.2. The fourth-order valence-electron chi connectivity index (χ4n) is 7.30. The van der Waals surface area contributed by atoms with Gasteiger partial charge in [-0.2, -0.15) is 0 Å². The number of aromatic nitrogens is 3. The molecule has 2 saturated carbocycles. The zero-order valence-corrected chi connectivity index (χ0v) is 24.9. The van der Waals surface area contributed by atoms with E-state index in [2.05, 4.69) is 15.6 Å². The third kappa shape index (κ3) is 6.59. The van der Waals surface area contributed by atoms with Crippen molar-refractivity contribution in [1.29, 1.82) is 0 Å². The van der Waals surface area contributed by atoms with Crippen molar-refractivity contribution < 1.29 is 29.3 Å². The van der Waals surface area contributed by atoms with Gasteiger partial charge in [0.1, 0.15) is 23.8 Å². The Kier molecular flexibility index (Phi) is 9.75. The SMILES string of the molecule is CO[C@@H]1[C@@H](C(=O)NC2(C(O)C(N)=O)CCCCC2)N(C(=O)[C@H](C)CC2CCCCC2)C[C@H]1n1nncc1C(C)(C)O. The van der Waals surface area contributed by atoms with Gasteiger partial charge in [0.25, 0.3) is 0 Å². The monoisotopic (exact) mass is 576 g/mol. The lowest BCUT2D eigenvalue weighted by molar-refractivity contribution is -0.147. The summed E-state index contributed by atoms with van der Waals surface area (Å²) in [4.78, 5) is 41.9. The molecule has 230 valence electrons. The molecule has 3 fully saturated rings. The summed E-state index contributed by atoms with van der Waals surface area (Å²) < 4.78 is 7.45. The molecule has 4 rings (SSSR count). The molecule has 0 aromatic carbocycles. The fraction of sp³-hybridized carbons (Fsp3) is 0.828. The number of nitrogens with zero attached hydrogens (tertiary/aromatic N) is 4. The Morgan fingerprint density at radius 1 is 1.17 bits per heavy atom. The maximum atomic E-state index is 14.2. The van der Waals surface area contributed by atoms with Gasteiger partial charge in [0, 0.05) is 19.6 Å². The summed E-state index contributed by atoms with van der Waals surface area (Å²) in [5.74, 6) is -1.40. The molecule has 0 bridgehead atoms. The minimum Gasteiger partial charge on any atom is -0.384 e. The van der Waals surface area contributed by atoms with Crippen molar-refractivity contribution in [2.75, 3.05) is 13.7 Å². The third-order valence-electron chi connectivity index (χ3n) is 9.49. The van der Waals surface area contributed by atoms with Crippen molar-refractivity contribution >= 4 is 17.7 Å². The molecule has 1 unspecified atom stereocenters. The van der Waals surface area contributed by atoms with Gasteiger partial charge < -0.3 is 30.9 Å². The lowest BCUT2D eigenvalue weighted by Crippen LogP contribution is -2.65. The topological polar surface area (TPSA) is 173 Å². The number of amides is 3. The quantitative estimate of drug-likeness (QED) is 0.325. The molecule has 0 spiro atoms. The van der Waals surface area contributed by atoms with Crippen LogP contribution in [0, 0.1) is 11.8 Å². The molecule has 5 N–H and O–H groups in total. The summed E-state index contributed by atoms with van der Waals surface area (Å²) in [5.41, 5.74) is 3.45. The van der Waals surface area contributed by atoms with Crippen molar-refractivity contribution in [3.63, 3.8) is 0 Å². The van der Waals surface area contributed by atoms with Crippen LogP contribution in [0.1, 0.15) is 103 Å². The number of ether oxygens (including phenoxy) is 1. The minimum absolute atomic E-state index is 0.127. The van der Waals surface area contributed by atoms with Crippen molar-refractivity contribution in [2.45, 2.75) is 127 Å².